The third-order valence-corrected chi connectivity index (χ3v) is 1.36. The van der Waals surface area contributed by atoms with Crippen LogP contribution in [-0.4, -0.2) is 12.2 Å². The fourth-order valence-corrected chi connectivity index (χ4v) is 0.319. The van der Waals surface area contributed by atoms with E-state index in [4.69, 9.17) is 9.78 Å². The highest BCUT2D eigenvalue weighted by atomic mass is 17.2. The first-order valence-corrected chi connectivity index (χ1v) is 3.72. The van der Waals surface area contributed by atoms with Crippen molar-refractivity contribution in [2.75, 3.05) is 6.61 Å². The third-order valence-electron chi connectivity index (χ3n) is 1.36. The summed E-state index contributed by atoms with van der Waals surface area (Å²) in [5.74, 6) is 0. The molecule has 2 nitrogen and oxygen atoms in total. The van der Waals surface area contributed by atoms with Gasteiger partial charge in [0.2, 0.25) is 0 Å². The lowest BCUT2D eigenvalue weighted by atomic mass is 10.1. The Labute approximate surface area is 63.5 Å². The second-order valence-corrected chi connectivity index (χ2v) is 2.87. The lowest BCUT2D eigenvalue weighted by Gasteiger charge is -2.20. The van der Waals surface area contributed by atoms with Crippen LogP contribution < -0.4 is 0 Å². The van der Waals surface area contributed by atoms with Crippen LogP contribution in [0.4, 0.5) is 0 Å². The molecule has 1 radical (unpaired) electrons. The van der Waals surface area contributed by atoms with Crippen molar-refractivity contribution >= 4 is 0 Å². The highest BCUT2D eigenvalue weighted by molar-refractivity contribution is 4.61. The zero-order valence-electron chi connectivity index (χ0n) is 7.14. The molecule has 0 rings (SSSR count). The topological polar surface area (TPSA) is 18.5 Å². The molecule has 0 spiro atoms. The van der Waals surface area contributed by atoms with Gasteiger partial charge in [0.1, 0.15) is 0 Å². The molecule has 2 heteroatoms. The van der Waals surface area contributed by atoms with Crippen molar-refractivity contribution in [2.45, 2.75) is 39.2 Å². The first-order chi connectivity index (χ1) is 4.62. The van der Waals surface area contributed by atoms with Crippen molar-refractivity contribution in [3.05, 3.63) is 6.92 Å². The Balaban J connectivity index is 3.28. The van der Waals surface area contributed by atoms with Crippen molar-refractivity contribution < 1.29 is 9.78 Å². The Bertz CT molecular complexity index is 79.3. The minimum atomic E-state index is -0.158. The molecule has 0 amide bonds. The molecule has 0 heterocycles. The van der Waals surface area contributed by atoms with Crippen LogP contribution in [0.1, 0.15) is 33.6 Å². The van der Waals surface area contributed by atoms with Crippen molar-refractivity contribution in [3.8, 4) is 0 Å². The summed E-state index contributed by atoms with van der Waals surface area (Å²) >= 11 is 0. The molecule has 0 aliphatic carbocycles. The van der Waals surface area contributed by atoms with Gasteiger partial charge in [-0.05, 0) is 26.7 Å². The summed E-state index contributed by atoms with van der Waals surface area (Å²) in [7, 11) is 0. The van der Waals surface area contributed by atoms with Crippen LogP contribution in [0.3, 0.4) is 0 Å². The Morgan fingerprint density at radius 3 is 2.40 bits per heavy atom. The normalized spacial score (nSPS) is 12.0. The van der Waals surface area contributed by atoms with Gasteiger partial charge in [0, 0.05) is 0 Å². The molecule has 61 valence electrons. The van der Waals surface area contributed by atoms with Crippen molar-refractivity contribution in [1.29, 1.82) is 0 Å². The predicted octanol–water partition coefficient (Wildman–Crippen LogP) is 2.35. The molecule has 0 saturated heterocycles. The standard InChI is InChI=1S/C8H17O2/c1-5-7-9-10-8(3,4)6-2/h1,5-7H2,2-4H3. The molecule has 0 fully saturated rings. The Kier molecular flexibility index (Phi) is 4.65. The first-order valence-electron chi connectivity index (χ1n) is 3.72. The molecule has 0 unspecified atom stereocenters. The molecule has 0 saturated carbocycles. The molecular weight excluding hydrogens is 128 g/mol. The summed E-state index contributed by atoms with van der Waals surface area (Å²) in [6, 6.07) is 0. The van der Waals surface area contributed by atoms with E-state index in [-0.39, 0.29) is 5.60 Å². The van der Waals surface area contributed by atoms with Gasteiger partial charge in [-0.3, -0.25) is 0 Å². The van der Waals surface area contributed by atoms with E-state index >= 15 is 0 Å². The van der Waals surface area contributed by atoms with E-state index in [2.05, 4.69) is 13.8 Å². The average Bonchev–Trinajstić information content (AvgIpc) is 1.89. The second-order valence-electron chi connectivity index (χ2n) is 2.87. The van der Waals surface area contributed by atoms with Gasteiger partial charge in [-0.15, -0.1) is 0 Å². The maximum Gasteiger partial charge on any atom is 0.0977 e. The van der Waals surface area contributed by atoms with E-state index in [0.717, 1.165) is 12.8 Å². The second kappa shape index (κ2) is 4.69. The number of hydrogen-bond donors (Lipinski definition) is 0. The summed E-state index contributed by atoms with van der Waals surface area (Å²) in [5, 5.41) is 0. The zero-order chi connectivity index (χ0) is 8.04. The van der Waals surface area contributed by atoms with Gasteiger partial charge in [-0.25, -0.2) is 9.78 Å². The quantitative estimate of drug-likeness (QED) is 0.336. The molecule has 0 aliphatic heterocycles. The Morgan fingerprint density at radius 2 is 2.00 bits per heavy atom. The van der Waals surface area contributed by atoms with Crippen LogP contribution in [0, 0.1) is 6.92 Å². The smallest absolute Gasteiger partial charge is 0.0977 e. The van der Waals surface area contributed by atoms with Gasteiger partial charge in [0.15, 0.2) is 0 Å². The number of rotatable bonds is 5. The fourth-order valence-electron chi connectivity index (χ4n) is 0.319. The van der Waals surface area contributed by atoms with Crippen molar-refractivity contribution in [2.24, 2.45) is 0 Å². The summed E-state index contributed by atoms with van der Waals surface area (Å²) in [6.07, 6.45) is 1.70. The highest BCUT2D eigenvalue weighted by Gasteiger charge is 2.15. The van der Waals surface area contributed by atoms with Gasteiger partial charge >= 0.3 is 0 Å². The van der Waals surface area contributed by atoms with Gasteiger partial charge in [-0.1, -0.05) is 13.8 Å². The first kappa shape index (κ1) is 9.92. The van der Waals surface area contributed by atoms with Gasteiger partial charge in [0.05, 0.1) is 12.2 Å². The van der Waals surface area contributed by atoms with E-state index < -0.39 is 0 Å². The van der Waals surface area contributed by atoms with E-state index in [9.17, 15) is 0 Å². The fraction of sp³-hybridized carbons (Fsp3) is 0.875. The minimum Gasteiger partial charge on any atom is -0.236 e. The van der Waals surface area contributed by atoms with Crippen molar-refractivity contribution in [1.82, 2.24) is 0 Å². The maximum atomic E-state index is 5.08. The largest absolute Gasteiger partial charge is 0.236 e. The number of hydrogen-bond acceptors (Lipinski definition) is 2. The van der Waals surface area contributed by atoms with Crippen LogP contribution in [0.5, 0.6) is 0 Å². The van der Waals surface area contributed by atoms with Crippen LogP contribution in [-0.2, 0) is 9.78 Å². The molecule has 0 aliphatic rings. The van der Waals surface area contributed by atoms with E-state index in [1.54, 1.807) is 0 Å². The average molecular weight is 145 g/mol. The highest BCUT2D eigenvalue weighted by Crippen LogP contribution is 2.13. The molecule has 10 heavy (non-hydrogen) atoms. The SMILES string of the molecule is [CH2]CCOOC(C)(C)CC. The Morgan fingerprint density at radius 1 is 1.40 bits per heavy atom. The summed E-state index contributed by atoms with van der Waals surface area (Å²) in [6.45, 7) is 10.3. The monoisotopic (exact) mass is 145 g/mol. The van der Waals surface area contributed by atoms with Gasteiger partial charge in [0.25, 0.3) is 0 Å². The predicted molar refractivity (Wildman–Crippen MR) is 41.4 cm³/mol. The zero-order valence-corrected chi connectivity index (χ0v) is 7.14. The van der Waals surface area contributed by atoms with Crippen LogP contribution in [0.15, 0.2) is 0 Å². The molecule has 0 aromatic carbocycles. The van der Waals surface area contributed by atoms with E-state index in [0.29, 0.717) is 6.61 Å². The van der Waals surface area contributed by atoms with Crippen LogP contribution >= 0.6 is 0 Å². The minimum absolute atomic E-state index is 0.158. The third kappa shape index (κ3) is 4.77. The molecular formula is C8H17O2. The van der Waals surface area contributed by atoms with Crippen LogP contribution in [0.25, 0.3) is 0 Å². The summed E-state index contributed by atoms with van der Waals surface area (Å²) in [5.41, 5.74) is -0.158. The lowest BCUT2D eigenvalue weighted by molar-refractivity contribution is -0.352. The molecule has 0 bridgehead atoms. The van der Waals surface area contributed by atoms with Gasteiger partial charge < -0.3 is 0 Å². The summed E-state index contributed by atoms with van der Waals surface area (Å²) in [4.78, 5) is 9.96. The molecule has 0 N–H and O–H groups in total. The van der Waals surface area contributed by atoms with Gasteiger partial charge in [-0.2, -0.15) is 0 Å². The molecule has 0 atom stereocenters. The Hall–Kier alpha value is -0.0800. The van der Waals surface area contributed by atoms with Crippen LogP contribution in [0.2, 0.25) is 0 Å². The summed E-state index contributed by atoms with van der Waals surface area (Å²) < 4.78 is 0. The lowest BCUT2D eigenvalue weighted by Crippen LogP contribution is -2.23. The van der Waals surface area contributed by atoms with E-state index in [1.807, 2.05) is 13.8 Å². The van der Waals surface area contributed by atoms with Crippen molar-refractivity contribution in [3.63, 3.8) is 0 Å². The molecule has 0 aromatic rings. The molecule has 0 aromatic heterocycles. The van der Waals surface area contributed by atoms with E-state index in [1.165, 1.54) is 0 Å². The maximum absolute atomic E-state index is 5.08.